The predicted molar refractivity (Wildman–Crippen MR) is 61.8 cm³/mol. The van der Waals surface area contributed by atoms with Crippen LogP contribution in [-0.2, 0) is 9.53 Å². The Kier molecular flexibility index (Phi) is 12.8. The standard InChI is InChI=1S/C12H23NO2/c1-2-15-11-9-7-5-3-4-6-8-10-13-12-14/h2-11H2,1H3. The Balaban J connectivity index is 2.89. The van der Waals surface area contributed by atoms with Crippen molar-refractivity contribution in [3.63, 3.8) is 0 Å². The molecule has 0 bridgehead atoms. The van der Waals surface area contributed by atoms with Crippen LogP contribution in [-0.4, -0.2) is 25.8 Å². The van der Waals surface area contributed by atoms with Gasteiger partial charge in [-0.3, -0.25) is 0 Å². The molecule has 0 atom stereocenters. The second-order valence-corrected chi connectivity index (χ2v) is 3.64. The van der Waals surface area contributed by atoms with E-state index in [4.69, 9.17) is 4.74 Å². The second-order valence-electron chi connectivity index (χ2n) is 3.64. The van der Waals surface area contributed by atoms with Gasteiger partial charge in [0.15, 0.2) is 0 Å². The third kappa shape index (κ3) is 13.3. The van der Waals surface area contributed by atoms with Gasteiger partial charge in [0.25, 0.3) is 0 Å². The molecule has 0 radical (unpaired) electrons. The minimum Gasteiger partial charge on any atom is -0.382 e. The zero-order chi connectivity index (χ0) is 11.2. The molecule has 0 fully saturated rings. The van der Waals surface area contributed by atoms with E-state index in [1.54, 1.807) is 6.08 Å². The third-order valence-electron chi connectivity index (χ3n) is 2.33. The van der Waals surface area contributed by atoms with Crippen LogP contribution in [0.4, 0.5) is 0 Å². The van der Waals surface area contributed by atoms with E-state index in [1.165, 1.54) is 38.5 Å². The summed E-state index contributed by atoms with van der Waals surface area (Å²) in [5.74, 6) is 0. The predicted octanol–water partition coefficient (Wildman–Crippen LogP) is 3.09. The highest BCUT2D eigenvalue weighted by Crippen LogP contribution is 2.07. The molecule has 15 heavy (non-hydrogen) atoms. The summed E-state index contributed by atoms with van der Waals surface area (Å²) in [4.78, 5) is 13.3. The number of nitrogens with zero attached hydrogens (tertiary/aromatic N) is 1. The van der Waals surface area contributed by atoms with Crippen LogP contribution in [0.1, 0.15) is 51.9 Å². The van der Waals surface area contributed by atoms with E-state index in [2.05, 4.69) is 4.99 Å². The Morgan fingerprint density at radius 1 is 1.00 bits per heavy atom. The summed E-state index contributed by atoms with van der Waals surface area (Å²) in [7, 11) is 0. The molecule has 3 nitrogen and oxygen atoms in total. The van der Waals surface area contributed by atoms with Crippen molar-refractivity contribution < 1.29 is 9.53 Å². The zero-order valence-electron chi connectivity index (χ0n) is 9.83. The largest absolute Gasteiger partial charge is 0.382 e. The van der Waals surface area contributed by atoms with Gasteiger partial charge in [0.05, 0.1) is 6.54 Å². The van der Waals surface area contributed by atoms with Gasteiger partial charge in [-0.15, -0.1) is 0 Å². The van der Waals surface area contributed by atoms with E-state index in [1.807, 2.05) is 6.92 Å². The zero-order valence-corrected chi connectivity index (χ0v) is 9.83. The number of carbonyl (C=O) groups excluding carboxylic acids is 1. The van der Waals surface area contributed by atoms with Crippen LogP contribution in [0, 0.1) is 0 Å². The van der Waals surface area contributed by atoms with Crippen molar-refractivity contribution in [2.24, 2.45) is 4.99 Å². The molecule has 0 aromatic heterocycles. The molecule has 0 N–H and O–H groups in total. The van der Waals surface area contributed by atoms with E-state index in [0.29, 0.717) is 6.54 Å². The first-order valence-electron chi connectivity index (χ1n) is 6.03. The first-order valence-corrected chi connectivity index (χ1v) is 6.03. The van der Waals surface area contributed by atoms with E-state index in [0.717, 1.165) is 19.6 Å². The molecule has 0 unspecified atom stereocenters. The third-order valence-corrected chi connectivity index (χ3v) is 2.33. The highest BCUT2D eigenvalue weighted by atomic mass is 16.5. The van der Waals surface area contributed by atoms with Crippen LogP contribution >= 0.6 is 0 Å². The van der Waals surface area contributed by atoms with Crippen LogP contribution < -0.4 is 0 Å². The van der Waals surface area contributed by atoms with Gasteiger partial charge in [-0.05, 0) is 19.8 Å². The summed E-state index contributed by atoms with van der Waals surface area (Å²) in [6.45, 7) is 4.41. The summed E-state index contributed by atoms with van der Waals surface area (Å²) in [6, 6.07) is 0. The van der Waals surface area contributed by atoms with Gasteiger partial charge in [0, 0.05) is 13.2 Å². The summed E-state index contributed by atoms with van der Waals surface area (Å²) in [6.07, 6.45) is 10.1. The number of ether oxygens (including phenoxy) is 1. The maximum absolute atomic E-state index is 9.76. The monoisotopic (exact) mass is 213 g/mol. The van der Waals surface area contributed by atoms with Gasteiger partial charge < -0.3 is 4.74 Å². The molecule has 0 spiro atoms. The van der Waals surface area contributed by atoms with Crippen LogP contribution in [0.3, 0.4) is 0 Å². The summed E-state index contributed by atoms with van der Waals surface area (Å²) in [5, 5.41) is 0. The Labute approximate surface area is 92.9 Å². The van der Waals surface area contributed by atoms with E-state index >= 15 is 0 Å². The van der Waals surface area contributed by atoms with Crippen LogP contribution in [0.5, 0.6) is 0 Å². The Hall–Kier alpha value is -0.660. The molecule has 0 aliphatic carbocycles. The van der Waals surface area contributed by atoms with E-state index in [9.17, 15) is 4.79 Å². The number of isocyanates is 1. The fraction of sp³-hybridized carbons (Fsp3) is 0.917. The highest BCUT2D eigenvalue weighted by molar-refractivity contribution is 5.32. The molecule has 0 aromatic rings. The molecule has 0 rings (SSSR count). The number of unbranched alkanes of at least 4 members (excludes halogenated alkanes) is 6. The summed E-state index contributed by atoms with van der Waals surface area (Å²) in [5.41, 5.74) is 0. The average molecular weight is 213 g/mol. The minimum absolute atomic E-state index is 0.647. The molecule has 0 aromatic carbocycles. The maximum Gasteiger partial charge on any atom is 0.234 e. The Bertz CT molecular complexity index is 165. The highest BCUT2D eigenvalue weighted by Gasteiger charge is 1.91. The fourth-order valence-electron chi connectivity index (χ4n) is 1.47. The van der Waals surface area contributed by atoms with Gasteiger partial charge in [0.1, 0.15) is 0 Å². The van der Waals surface area contributed by atoms with Gasteiger partial charge in [-0.2, -0.15) is 0 Å². The normalized spacial score (nSPS) is 9.93. The first kappa shape index (κ1) is 14.3. The smallest absolute Gasteiger partial charge is 0.234 e. The molecular weight excluding hydrogens is 190 g/mol. The molecule has 0 saturated heterocycles. The lowest BCUT2D eigenvalue weighted by Gasteiger charge is -2.01. The Morgan fingerprint density at radius 2 is 1.60 bits per heavy atom. The number of aliphatic imine (C=N–C) groups is 1. The lowest BCUT2D eigenvalue weighted by molar-refractivity contribution is 0.143. The van der Waals surface area contributed by atoms with Crippen molar-refractivity contribution in [1.29, 1.82) is 0 Å². The fourth-order valence-corrected chi connectivity index (χ4v) is 1.47. The van der Waals surface area contributed by atoms with Crippen LogP contribution in [0.15, 0.2) is 4.99 Å². The number of rotatable bonds is 11. The number of hydrogen-bond donors (Lipinski definition) is 0. The molecule has 3 heteroatoms. The van der Waals surface area contributed by atoms with Crippen molar-refractivity contribution in [2.45, 2.75) is 51.9 Å². The Morgan fingerprint density at radius 3 is 2.20 bits per heavy atom. The molecule has 0 saturated carbocycles. The lowest BCUT2D eigenvalue weighted by atomic mass is 10.1. The van der Waals surface area contributed by atoms with Crippen LogP contribution in [0.2, 0.25) is 0 Å². The van der Waals surface area contributed by atoms with Gasteiger partial charge >= 0.3 is 0 Å². The maximum atomic E-state index is 9.76. The molecule has 88 valence electrons. The molecular formula is C12H23NO2. The average Bonchev–Trinajstić information content (AvgIpc) is 2.26. The van der Waals surface area contributed by atoms with Crippen molar-refractivity contribution >= 4 is 6.08 Å². The quantitative estimate of drug-likeness (QED) is 0.300. The molecule has 0 amide bonds. The van der Waals surface area contributed by atoms with Crippen molar-refractivity contribution in [2.75, 3.05) is 19.8 Å². The van der Waals surface area contributed by atoms with E-state index in [-0.39, 0.29) is 0 Å². The molecule has 0 aliphatic heterocycles. The molecule has 0 heterocycles. The summed E-state index contributed by atoms with van der Waals surface area (Å²) >= 11 is 0. The topological polar surface area (TPSA) is 38.7 Å². The lowest BCUT2D eigenvalue weighted by Crippen LogP contribution is -1.93. The summed E-state index contributed by atoms with van der Waals surface area (Å²) < 4.78 is 5.26. The second kappa shape index (κ2) is 13.3. The van der Waals surface area contributed by atoms with Crippen molar-refractivity contribution in [1.82, 2.24) is 0 Å². The van der Waals surface area contributed by atoms with Crippen molar-refractivity contribution in [3.05, 3.63) is 0 Å². The minimum atomic E-state index is 0.647. The van der Waals surface area contributed by atoms with Crippen LogP contribution in [0.25, 0.3) is 0 Å². The van der Waals surface area contributed by atoms with E-state index < -0.39 is 0 Å². The molecule has 0 aliphatic rings. The van der Waals surface area contributed by atoms with Gasteiger partial charge in [-0.1, -0.05) is 32.1 Å². The van der Waals surface area contributed by atoms with Gasteiger partial charge in [-0.25, -0.2) is 9.79 Å². The SMILES string of the molecule is CCOCCCCCCCCCN=C=O. The van der Waals surface area contributed by atoms with Gasteiger partial charge in [0.2, 0.25) is 6.08 Å². The van der Waals surface area contributed by atoms with Crippen molar-refractivity contribution in [3.8, 4) is 0 Å². The number of hydrogen-bond acceptors (Lipinski definition) is 3. The first-order chi connectivity index (χ1) is 7.41.